The smallest absolute Gasteiger partial charge is 0.0146 e. The molecule has 0 bridgehead atoms. The second-order valence-corrected chi connectivity index (χ2v) is 8.94. The molecular weight excluding hydrogens is 360 g/mol. The molecule has 144 valence electrons. The van der Waals surface area contributed by atoms with E-state index >= 15 is 0 Å². The Morgan fingerprint density at radius 2 is 0.500 bits per heavy atom. The van der Waals surface area contributed by atoms with Gasteiger partial charge in [-0.25, -0.2) is 0 Å². The average molecular weight is 385 g/mol. The topological polar surface area (TPSA) is 0 Å². The van der Waals surface area contributed by atoms with E-state index in [-0.39, 0.29) is 0 Å². The van der Waals surface area contributed by atoms with Crippen LogP contribution in [0.2, 0.25) is 0 Å². The number of benzene rings is 6. The van der Waals surface area contributed by atoms with Gasteiger partial charge < -0.3 is 0 Å². The van der Waals surface area contributed by atoms with Gasteiger partial charge in [0, 0.05) is 0 Å². The summed E-state index contributed by atoms with van der Waals surface area (Å²) >= 11 is 0. The van der Waals surface area contributed by atoms with Gasteiger partial charge >= 0.3 is 0 Å². The molecule has 0 aliphatic carbocycles. The van der Waals surface area contributed by atoms with Crippen molar-refractivity contribution in [2.24, 2.45) is 0 Å². The van der Waals surface area contributed by atoms with Crippen molar-refractivity contribution < 1.29 is 0 Å². The molecule has 0 heteroatoms. The van der Waals surface area contributed by atoms with Crippen LogP contribution in [0.1, 0.15) is 22.3 Å². The average Bonchev–Trinajstić information content (AvgIpc) is 2.74. The van der Waals surface area contributed by atoms with Crippen LogP contribution in [0, 0.1) is 27.7 Å². The van der Waals surface area contributed by atoms with Gasteiger partial charge in [0.25, 0.3) is 0 Å². The molecule has 30 heavy (non-hydrogen) atoms. The summed E-state index contributed by atoms with van der Waals surface area (Å²) in [4.78, 5) is 0. The first-order valence-electron chi connectivity index (χ1n) is 10.7. The lowest BCUT2D eigenvalue weighted by Gasteiger charge is -2.11. The van der Waals surface area contributed by atoms with Crippen LogP contribution in [0.5, 0.6) is 0 Å². The maximum absolute atomic E-state index is 2.37. The quantitative estimate of drug-likeness (QED) is 0.230. The fourth-order valence-electron chi connectivity index (χ4n) is 5.02. The first kappa shape index (κ1) is 17.5. The highest BCUT2D eigenvalue weighted by Gasteiger charge is 2.08. The lowest BCUT2D eigenvalue weighted by Crippen LogP contribution is -1.86. The van der Waals surface area contributed by atoms with Gasteiger partial charge in [0.2, 0.25) is 0 Å². The molecule has 0 saturated heterocycles. The summed E-state index contributed by atoms with van der Waals surface area (Å²) in [5, 5.41) is 13.3. The van der Waals surface area contributed by atoms with E-state index in [1.807, 2.05) is 0 Å². The van der Waals surface area contributed by atoms with E-state index < -0.39 is 0 Å². The molecule has 0 amide bonds. The predicted molar refractivity (Wildman–Crippen MR) is 133 cm³/mol. The van der Waals surface area contributed by atoms with E-state index in [4.69, 9.17) is 0 Å². The Morgan fingerprint density at radius 1 is 0.300 bits per heavy atom. The normalized spacial score (nSPS) is 12.0. The van der Waals surface area contributed by atoms with Crippen molar-refractivity contribution in [3.05, 3.63) is 95.1 Å². The molecule has 0 heterocycles. The molecule has 0 radical (unpaired) electrons. The largest absolute Gasteiger partial charge is 0.0584 e. The molecule has 0 N–H and O–H groups in total. The SMILES string of the molecule is Cc1ccc(C)c2cc3cc4cc5cc6c(C)ccc(C)c6cc5cc4cc3cc12. The van der Waals surface area contributed by atoms with E-state index in [9.17, 15) is 0 Å². The lowest BCUT2D eigenvalue weighted by molar-refractivity contribution is 1.47. The van der Waals surface area contributed by atoms with Crippen LogP contribution in [-0.2, 0) is 0 Å². The third-order valence-electron chi connectivity index (χ3n) is 6.89. The molecule has 6 rings (SSSR count). The van der Waals surface area contributed by atoms with Crippen molar-refractivity contribution in [2.75, 3.05) is 0 Å². The van der Waals surface area contributed by atoms with Crippen molar-refractivity contribution in [1.82, 2.24) is 0 Å². The van der Waals surface area contributed by atoms with Gasteiger partial charge in [-0.1, -0.05) is 24.3 Å². The molecule has 0 spiro atoms. The Balaban J connectivity index is 1.71. The highest BCUT2D eigenvalue weighted by atomic mass is 14.1. The summed E-state index contributed by atoms with van der Waals surface area (Å²) in [5.41, 5.74) is 5.36. The molecule has 0 unspecified atom stereocenters. The van der Waals surface area contributed by atoms with E-state index in [0.29, 0.717) is 0 Å². The minimum absolute atomic E-state index is 1.31. The zero-order valence-corrected chi connectivity index (χ0v) is 17.9. The Bertz CT molecular complexity index is 1420. The highest BCUT2D eigenvalue weighted by Crippen LogP contribution is 2.34. The molecule has 6 aromatic rings. The number of hydrogen-bond donors (Lipinski definition) is 0. The van der Waals surface area contributed by atoms with Crippen molar-refractivity contribution >= 4 is 53.9 Å². The monoisotopic (exact) mass is 384 g/mol. The summed E-state index contributed by atoms with van der Waals surface area (Å²) in [6.45, 7) is 8.82. The summed E-state index contributed by atoms with van der Waals surface area (Å²) in [7, 11) is 0. The van der Waals surface area contributed by atoms with Crippen LogP contribution in [0.25, 0.3) is 53.9 Å². The molecule has 0 nitrogen and oxygen atoms in total. The third-order valence-corrected chi connectivity index (χ3v) is 6.89. The Hall–Kier alpha value is -3.38. The number of fused-ring (bicyclic) bond motifs is 5. The molecule has 0 saturated carbocycles. The fourth-order valence-corrected chi connectivity index (χ4v) is 5.02. The second kappa shape index (κ2) is 6.06. The first-order valence-corrected chi connectivity index (χ1v) is 10.7. The van der Waals surface area contributed by atoms with Crippen LogP contribution in [0.4, 0.5) is 0 Å². The summed E-state index contributed by atoms with van der Waals surface area (Å²) < 4.78 is 0. The van der Waals surface area contributed by atoms with Gasteiger partial charge in [-0.05, 0) is 152 Å². The molecule has 6 aromatic carbocycles. The zero-order chi connectivity index (χ0) is 20.6. The Labute approximate surface area is 176 Å². The van der Waals surface area contributed by atoms with Crippen LogP contribution in [-0.4, -0.2) is 0 Å². The molecule has 0 aliphatic heterocycles. The molecule has 0 fully saturated rings. The van der Waals surface area contributed by atoms with E-state index in [2.05, 4.69) is 100 Å². The maximum atomic E-state index is 2.37. The first-order chi connectivity index (χ1) is 14.5. The molecule has 0 aliphatic rings. The third kappa shape index (κ3) is 2.47. The van der Waals surface area contributed by atoms with Gasteiger partial charge in [0.05, 0.1) is 0 Å². The standard InChI is InChI=1S/C30H24/c1-17-5-6-18(2)28-14-24-10-22-12-26-16-30-20(4)8-7-19(3)29(30)15-25(26)11-21(22)9-23(24)13-27(17)28/h5-16H,1-4H3. The Kier molecular flexibility index (Phi) is 3.53. The molecular formula is C30H24. The highest BCUT2D eigenvalue weighted by molar-refractivity contribution is 6.11. The predicted octanol–water partition coefficient (Wildman–Crippen LogP) is 8.69. The van der Waals surface area contributed by atoms with Gasteiger partial charge in [0.1, 0.15) is 0 Å². The van der Waals surface area contributed by atoms with Crippen LogP contribution in [0.15, 0.2) is 72.8 Å². The van der Waals surface area contributed by atoms with Crippen LogP contribution in [0.3, 0.4) is 0 Å². The van der Waals surface area contributed by atoms with Crippen LogP contribution >= 0.6 is 0 Å². The van der Waals surface area contributed by atoms with E-state index in [0.717, 1.165) is 0 Å². The second-order valence-electron chi connectivity index (χ2n) is 8.94. The van der Waals surface area contributed by atoms with E-state index in [1.54, 1.807) is 0 Å². The fraction of sp³-hybridized carbons (Fsp3) is 0.133. The number of aryl methyl sites for hydroxylation is 4. The van der Waals surface area contributed by atoms with Crippen molar-refractivity contribution in [1.29, 1.82) is 0 Å². The molecule has 0 aromatic heterocycles. The number of hydrogen-bond acceptors (Lipinski definition) is 0. The zero-order valence-electron chi connectivity index (χ0n) is 17.9. The van der Waals surface area contributed by atoms with Gasteiger partial charge in [0.15, 0.2) is 0 Å². The maximum Gasteiger partial charge on any atom is -0.0146 e. The van der Waals surface area contributed by atoms with Crippen molar-refractivity contribution in [3.8, 4) is 0 Å². The Morgan fingerprint density at radius 3 is 0.733 bits per heavy atom. The van der Waals surface area contributed by atoms with Gasteiger partial charge in [-0.15, -0.1) is 0 Å². The summed E-state index contributed by atoms with van der Waals surface area (Å²) in [6, 6.07) is 27.8. The van der Waals surface area contributed by atoms with Crippen LogP contribution < -0.4 is 0 Å². The summed E-state index contributed by atoms with van der Waals surface area (Å²) in [6.07, 6.45) is 0. The van der Waals surface area contributed by atoms with Crippen molar-refractivity contribution in [3.63, 3.8) is 0 Å². The van der Waals surface area contributed by atoms with E-state index in [1.165, 1.54) is 76.1 Å². The molecule has 0 atom stereocenters. The van der Waals surface area contributed by atoms with Crippen molar-refractivity contribution in [2.45, 2.75) is 27.7 Å². The van der Waals surface area contributed by atoms with Gasteiger partial charge in [-0.2, -0.15) is 0 Å². The summed E-state index contributed by atoms with van der Waals surface area (Å²) in [5.74, 6) is 0. The minimum atomic E-state index is 1.31. The van der Waals surface area contributed by atoms with Gasteiger partial charge in [-0.3, -0.25) is 0 Å². The lowest BCUT2D eigenvalue weighted by atomic mass is 9.93. The minimum Gasteiger partial charge on any atom is -0.0584 e. The number of rotatable bonds is 0.